The molecule has 0 saturated heterocycles. The number of amides is 1. The molecule has 1 amide bonds. The predicted molar refractivity (Wildman–Crippen MR) is 97.1 cm³/mol. The number of ether oxygens (including phenoxy) is 1. The molecule has 25 heavy (non-hydrogen) atoms. The summed E-state index contributed by atoms with van der Waals surface area (Å²) in [5, 5.41) is 7.79. The number of carbonyl (C=O) groups excluding carboxylic acids is 1. The molecule has 1 N–H and O–H groups in total. The standard InChI is InChI=1S/C19H18ClN3O2/c1-14-9-17(7-8-18(14)20)25-13-19(24)21-10-15-11-22-23(12-15)16-5-3-2-4-6-16/h2-9,11-12H,10,13H2,1H3,(H,21,24). The minimum atomic E-state index is -0.194. The van der Waals surface area contributed by atoms with Crippen LogP contribution in [0.1, 0.15) is 11.1 Å². The molecule has 0 fully saturated rings. The summed E-state index contributed by atoms with van der Waals surface area (Å²) in [6.45, 7) is 2.24. The number of aromatic nitrogens is 2. The first-order valence-corrected chi connectivity index (χ1v) is 8.24. The second-order valence-electron chi connectivity index (χ2n) is 5.61. The number of benzene rings is 2. The highest BCUT2D eigenvalue weighted by Crippen LogP contribution is 2.20. The van der Waals surface area contributed by atoms with Crippen molar-refractivity contribution in [2.24, 2.45) is 0 Å². The third-order valence-electron chi connectivity index (χ3n) is 3.65. The third-order valence-corrected chi connectivity index (χ3v) is 4.07. The zero-order valence-corrected chi connectivity index (χ0v) is 14.5. The molecule has 0 spiro atoms. The highest BCUT2D eigenvalue weighted by atomic mass is 35.5. The Morgan fingerprint density at radius 2 is 2.04 bits per heavy atom. The van der Waals surface area contributed by atoms with E-state index in [4.69, 9.17) is 16.3 Å². The summed E-state index contributed by atoms with van der Waals surface area (Å²) >= 11 is 5.96. The SMILES string of the molecule is Cc1cc(OCC(=O)NCc2cnn(-c3ccccc3)c2)ccc1Cl. The monoisotopic (exact) mass is 355 g/mol. The molecule has 3 aromatic rings. The van der Waals surface area contributed by atoms with Crippen LogP contribution in [0.15, 0.2) is 60.9 Å². The second-order valence-corrected chi connectivity index (χ2v) is 6.01. The lowest BCUT2D eigenvalue weighted by Gasteiger charge is -2.08. The summed E-state index contributed by atoms with van der Waals surface area (Å²) in [6.07, 6.45) is 3.62. The predicted octanol–water partition coefficient (Wildman–Crippen LogP) is 3.53. The Kier molecular flexibility index (Phi) is 5.36. The number of carbonyl (C=O) groups is 1. The number of aryl methyl sites for hydroxylation is 1. The number of nitrogens with zero attached hydrogens (tertiary/aromatic N) is 2. The first-order valence-electron chi connectivity index (χ1n) is 7.86. The van der Waals surface area contributed by atoms with Gasteiger partial charge in [0.25, 0.3) is 5.91 Å². The van der Waals surface area contributed by atoms with Gasteiger partial charge in [-0.25, -0.2) is 4.68 Å². The van der Waals surface area contributed by atoms with Crippen molar-refractivity contribution in [1.29, 1.82) is 0 Å². The van der Waals surface area contributed by atoms with Crippen molar-refractivity contribution in [1.82, 2.24) is 15.1 Å². The molecular weight excluding hydrogens is 338 g/mol. The van der Waals surface area contributed by atoms with Gasteiger partial charge in [0.05, 0.1) is 11.9 Å². The van der Waals surface area contributed by atoms with Crippen molar-refractivity contribution in [2.45, 2.75) is 13.5 Å². The lowest BCUT2D eigenvalue weighted by molar-refractivity contribution is -0.123. The van der Waals surface area contributed by atoms with Crippen LogP contribution < -0.4 is 10.1 Å². The summed E-state index contributed by atoms with van der Waals surface area (Å²) in [5.74, 6) is 0.425. The lowest BCUT2D eigenvalue weighted by Crippen LogP contribution is -2.28. The van der Waals surface area contributed by atoms with Crippen molar-refractivity contribution in [3.63, 3.8) is 0 Å². The topological polar surface area (TPSA) is 56.1 Å². The van der Waals surface area contributed by atoms with Gasteiger partial charge >= 0.3 is 0 Å². The van der Waals surface area contributed by atoms with Crippen molar-refractivity contribution in [3.05, 3.63) is 77.1 Å². The smallest absolute Gasteiger partial charge is 0.258 e. The maximum atomic E-state index is 11.9. The van der Waals surface area contributed by atoms with Crippen LogP contribution >= 0.6 is 11.6 Å². The Hall–Kier alpha value is -2.79. The van der Waals surface area contributed by atoms with Gasteiger partial charge in [-0.1, -0.05) is 29.8 Å². The quantitative estimate of drug-likeness (QED) is 0.736. The molecule has 0 aliphatic heterocycles. The van der Waals surface area contributed by atoms with Gasteiger partial charge < -0.3 is 10.1 Å². The average molecular weight is 356 g/mol. The zero-order chi connectivity index (χ0) is 17.6. The van der Waals surface area contributed by atoms with E-state index in [2.05, 4.69) is 10.4 Å². The summed E-state index contributed by atoms with van der Waals surface area (Å²) in [7, 11) is 0. The van der Waals surface area contributed by atoms with Crippen molar-refractivity contribution >= 4 is 17.5 Å². The molecule has 0 aliphatic rings. The van der Waals surface area contributed by atoms with Gasteiger partial charge in [-0.3, -0.25) is 4.79 Å². The highest BCUT2D eigenvalue weighted by molar-refractivity contribution is 6.31. The van der Waals surface area contributed by atoms with E-state index in [1.165, 1.54) is 0 Å². The van der Waals surface area contributed by atoms with Gasteiger partial charge in [-0.05, 0) is 42.8 Å². The molecule has 5 nitrogen and oxygen atoms in total. The van der Waals surface area contributed by atoms with E-state index in [1.54, 1.807) is 29.1 Å². The summed E-state index contributed by atoms with van der Waals surface area (Å²) in [6, 6.07) is 15.1. The molecule has 0 bridgehead atoms. The Balaban J connectivity index is 1.49. The number of halogens is 1. The fraction of sp³-hybridized carbons (Fsp3) is 0.158. The largest absolute Gasteiger partial charge is 0.484 e. The van der Waals surface area contributed by atoms with E-state index in [0.29, 0.717) is 17.3 Å². The molecule has 0 saturated carbocycles. The molecule has 0 aliphatic carbocycles. The molecule has 128 valence electrons. The summed E-state index contributed by atoms with van der Waals surface area (Å²) in [4.78, 5) is 11.9. The maximum Gasteiger partial charge on any atom is 0.258 e. The molecule has 1 aromatic heterocycles. The van der Waals surface area contributed by atoms with Crippen molar-refractivity contribution in [3.8, 4) is 11.4 Å². The Bertz CT molecular complexity index is 862. The number of nitrogens with one attached hydrogen (secondary N) is 1. The van der Waals surface area contributed by atoms with E-state index in [0.717, 1.165) is 16.8 Å². The van der Waals surface area contributed by atoms with E-state index >= 15 is 0 Å². The Morgan fingerprint density at radius 1 is 1.24 bits per heavy atom. The minimum absolute atomic E-state index is 0.0477. The van der Waals surface area contributed by atoms with Crippen LogP contribution in [-0.4, -0.2) is 22.3 Å². The lowest BCUT2D eigenvalue weighted by atomic mass is 10.2. The van der Waals surface area contributed by atoms with Crippen molar-refractivity contribution in [2.75, 3.05) is 6.61 Å². The van der Waals surface area contributed by atoms with Gasteiger partial charge in [0.2, 0.25) is 0 Å². The molecule has 3 rings (SSSR count). The molecule has 0 unspecified atom stereocenters. The summed E-state index contributed by atoms with van der Waals surface area (Å²) < 4.78 is 7.25. The average Bonchev–Trinajstić information content (AvgIpc) is 3.11. The zero-order valence-electron chi connectivity index (χ0n) is 13.8. The first kappa shape index (κ1) is 17.0. The van der Waals surface area contributed by atoms with Crippen LogP contribution in [0, 0.1) is 6.92 Å². The fourth-order valence-corrected chi connectivity index (χ4v) is 2.40. The minimum Gasteiger partial charge on any atom is -0.484 e. The molecule has 2 aromatic carbocycles. The number of para-hydroxylation sites is 1. The number of hydrogen-bond donors (Lipinski definition) is 1. The number of hydrogen-bond acceptors (Lipinski definition) is 3. The van der Waals surface area contributed by atoms with Gasteiger partial charge in [0, 0.05) is 23.3 Å². The Morgan fingerprint density at radius 3 is 2.80 bits per heavy atom. The van der Waals surface area contributed by atoms with Gasteiger partial charge in [0.1, 0.15) is 5.75 Å². The normalized spacial score (nSPS) is 10.5. The van der Waals surface area contributed by atoms with Crippen molar-refractivity contribution < 1.29 is 9.53 Å². The van der Waals surface area contributed by atoms with Gasteiger partial charge in [-0.2, -0.15) is 5.10 Å². The van der Waals surface area contributed by atoms with Crippen LogP contribution in [0.5, 0.6) is 5.75 Å². The molecule has 0 radical (unpaired) electrons. The van der Waals surface area contributed by atoms with E-state index < -0.39 is 0 Å². The molecule has 1 heterocycles. The van der Waals surface area contributed by atoms with Crippen LogP contribution in [0.3, 0.4) is 0 Å². The third kappa shape index (κ3) is 4.61. The number of rotatable bonds is 6. The van der Waals surface area contributed by atoms with Crippen LogP contribution in [0.25, 0.3) is 5.69 Å². The highest BCUT2D eigenvalue weighted by Gasteiger charge is 2.06. The second kappa shape index (κ2) is 7.85. The summed E-state index contributed by atoms with van der Waals surface area (Å²) in [5.41, 5.74) is 2.80. The molecular formula is C19H18ClN3O2. The fourth-order valence-electron chi connectivity index (χ4n) is 2.28. The first-order chi connectivity index (χ1) is 12.1. The maximum absolute atomic E-state index is 11.9. The van der Waals surface area contributed by atoms with Crippen LogP contribution in [-0.2, 0) is 11.3 Å². The Labute approximate surface area is 151 Å². The van der Waals surface area contributed by atoms with E-state index in [1.807, 2.05) is 43.5 Å². The van der Waals surface area contributed by atoms with Crippen LogP contribution in [0.2, 0.25) is 5.02 Å². The van der Waals surface area contributed by atoms with E-state index in [-0.39, 0.29) is 12.5 Å². The molecule has 0 atom stereocenters. The van der Waals surface area contributed by atoms with Gasteiger partial charge in [0.15, 0.2) is 6.61 Å². The van der Waals surface area contributed by atoms with Crippen LogP contribution in [0.4, 0.5) is 0 Å². The van der Waals surface area contributed by atoms with Gasteiger partial charge in [-0.15, -0.1) is 0 Å². The van der Waals surface area contributed by atoms with E-state index in [9.17, 15) is 4.79 Å². The molecule has 6 heteroatoms.